The first-order valence-corrected chi connectivity index (χ1v) is 5.81. The lowest BCUT2D eigenvalue weighted by molar-refractivity contribution is 0.309. The predicted octanol–water partition coefficient (Wildman–Crippen LogP) is 1.89. The van der Waals surface area contributed by atoms with Crippen molar-refractivity contribution < 1.29 is 5.11 Å². The van der Waals surface area contributed by atoms with Gasteiger partial charge in [-0.25, -0.2) is 0 Å². The summed E-state index contributed by atoms with van der Waals surface area (Å²) in [5.41, 5.74) is 1.25. The molecule has 1 saturated carbocycles. The number of likely N-dealkylation sites (tertiary alicyclic amines) is 1. The van der Waals surface area contributed by atoms with Gasteiger partial charge in [0, 0.05) is 19.6 Å². The first-order chi connectivity index (χ1) is 7.31. The zero-order valence-electron chi connectivity index (χ0n) is 8.89. The highest BCUT2D eigenvalue weighted by Gasteiger charge is 2.44. The van der Waals surface area contributed by atoms with E-state index in [1.807, 2.05) is 12.1 Å². The third-order valence-corrected chi connectivity index (χ3v) is 3.68. The van der Waals surface area contributed by atoms with Crippen LogP contribution in [0.5, 0.6) is 5.75 Å². The molecule has 1 aromatic rings. The number of aromatic hydroxyl groups is 1. The van der Waals surface area contributed by atoms with Gasteiger partial charge >= 0.3 is 0 Å². The summed E-state index contributed by atoms with van der Waals surface area (Å²) < 4.78 is 0. The van der Waals surface area contributed by atoms with Crippen LogP contribution < -0.4 is 0 Å². The Morgan fingerprint density at radius 3 is 2.80 bits per heavy atom. The summed E-state index contributed by atoms with van der Waals surface area (Å²) in [6.07, 6.45) is 2.54. The van der Waals surface area contributed by atoms with Gasteiger partial charge in [0.1, 0.15) is 5.75 Å². The van der Waals surface area contributed by atoms with Crippen LogP contribution in [-0.2, 0) is 6.42 Å². The molecule has 0 bridgehead atoms. The number of benzene rings is 1. The van der Waals surface area contributed by atoms with Gasteiger partial charge in [0.2, 0.25) is 0 Å². The van der Waals surface area contributed by atoms with Gasteiger partial charge in [0.15, 0.2) is 0 Å². The molecule has 0 aromatic heterocycles. The van der Waals surface area contributed by atoms with Crippen molar-refractivity contribution in [3.05, 3.63) is 29.8 Å². The van der Waals surface area contributed by atoms with E-state index in [9.17, 15) is 5.11 Å². The number of nitrogens with zero attached hydrogens (tertiary/aromatic N) is 1. The number of piperidine rings is 1. The molecular weight excluding hydrogens is 186 g/mol. The molecule has 1 aromatic carbocycles. The van der Waals surface area contributed by atoms with Gasteiger partial charge in [0.25, 0.3) is 0 Å². The Morgan fingerprint density at radius 2 is 2.07 bits per heavy atom. The number of hydrogen-bond donors (Lipinski definition) is 1. The zero-order valence-corrected chi connectivity index (χ0v) is 8.89. The second kappa shape index (κ2) is 3.53. The quantitative estimate of drug-likeness (QED) is 0.811. The monoisotopic (exact) mass is 203 g/mol. The van der Waals surface area contributed by atoms with Crippen molar-refractivity contribution in [1.29, 1.82) is 0 Å². The number of phenolic OH excluding ortho intramolecular Hbond substituents is 1. The highest BCUT2D eigenvalue weighted by Crippen LogP contribution is 2.44. The van der Waals surface area contributed by atoms with Gasteiger partial charge in [-0.05, 0) is 42.4 Å². The lowest BCUT2D eigenvalue weighted by atomic mass is 10.1. The van der Waals surface area contributed by atoms with Crippen LogP contribution in [0.15, 0.2) is 24.3 Å². The zero-order chi connectivity index (χ0) is 10.3. The SMILES string of the molecule is Oc1cccc(CCN2CC3CC3C2)c1. The highest BCUT2D eigenvalue weighted by molar-refractivity contribution is 5.27. The van der Waals surface area contributed by atoms with Gasteiger partial charge < -0.3 is 10.0 Å². The van der Waals surface area contributed by atoms with E-state index in [1.54, 1.807) is 6.07 Å². The largest absolute Gasteiger partial charge is 0.508 e. The summed E-state index contributed by atoms with van der Waals surface area (Å²) in [6, 6.07) is 7.62. The Labute approximate surface area is 90.5 Å². The fraction of sp³-hybridized carbons (Fsp3) is 0.538. The number of phenols is 1. The fourth-order valence-electron chi connectivity index (χ4n) is 2.68. The van der Waals surface area contributed by atoms with Gasteiger partial charge in [-0.2, -0.15) is 0 Å². The Morgan fingerprint density at radius 1 is 1.27 bits per heavy atom. The second-order valence-electron chi connectivity index (χ2n) is 4.94. The first kappa shape index (κ1) is 9.22. The number of rotatable bonds is 3. The summed E-state index contributed by atoms with van der Waals surface area (Å²) in [5.74, 6) is 2.43. The standard InChI is InChI=1S/C13H17NO/c15-13-3-1-2-10(6-13)4-5-14-8-11-7-12(11)9-14/h1-3,6,11-12,15H,4-5,7-9H2. The van der Waals surface area contributed by atoms with Crippen molar-refractivity contribution >= 4 is 0 Å². The highest BCUT2D eigenvalue weighted by atomic mass is 16.3. The van der Waals surface area contributed by atoms with Crippen molar-refractivity contribution in [2.75, 3.05) is 19.6 Å². The van der Waals surface area contributed by atoms with Crippen molar-refractivity contribution in [3.63, 3.8) is 0 Å². The molecule has 3 rings (SSSR count). The molecule has 2 nitrogen and oxygen atoms in total. The lowest BCUT2D eigenvalue weighted by Gasteiger charge is -2.16. The Bertz CT molecular complexity index is 353. The van der Waals surface area contributed by atoms with Crippen LogP contribution in [0, 0.1) is 11.8 Å². The average molecular weight is 203 g/mol. The lowest BCUT2D eigenvalue weighted by Crippen LogP contribution is -2.25. The second-order valence-corrected chi connectivity index (χ2v) is 4.94. The maximum atomic E-state index is 9.34. The Kier molecular flexibility index (Phi) is 2.17. The normalized spacial score (nSPS) is 29.1. The minimum Gasteiger partial charge on any atom is -0.508 e. The summed E-state index contributed by atoms with van der Waals surface area (Å²) in [7, 11) is 0. The van der Waals surface area contributed by atoms with Gasteiger partial charge in [0.05, 0.1) is 0 Å². The van der Waals surface area contributed by atoms with Crippen LogP contribution in [0.4, 0.5) is 0 Å². The molecule has 80 valence electrons. The van der Waals surface area contributed by atoms with Gasteiger partial charge in [-0.15, -0.1) is 0 Å². The topological polar surface area (TPSA) is 23.5 Å². The third-order valence-electron chi connectivity index (χ3n) is 3.68. The molecule has 2 aliphatic rings. The fourth-order valence-corrected chi connectivity index (χ4v) is 2.68. The molecule has 2 unspecified atom stereocenters. The average Bonchev–Trinajstić information content (AvgIpc) is 2.84. The van der Waals surface area contributed by atoms with Crippen molar-refractivity contribution in [1.82, 2.24) is 4.90 Å². The van der Waals surface area contributed by atoms with Crippen LogP contribution in [0.2, 0.25) is 0 Å². The molecule has 1 aliphatic heterocycles. The summed E-state index contributed by atoms with van der Waals surface area (Å²) in [4.78, 5) is 2.56. The van der Waals surface area contributed by atoms with Crippen molar-refractivity contribution in [3.8, 4) is 5.75 Å². The van der Waals surface area contributed by atoms with E-state index in [-0.39, 0.29) is 0 Å². The maximum Gasteiger partial charge on any atom is 0.115 e. The van der Waals surface area contributed by atoms with E-state index in [4.69, 9.17) is 0 Å². The van der Waals surface area contributed by atoms with Crippen LogP contribution in [-0.4, -0.2) is 29.6 Å². The van der Waals surface area contributed by atoms with Crippen LogP contribution in [0.1, 0.15) is 12.0 Å². The molecule has 2 atom stereocenters. The number of fused-ring (bicyclic) bond motifs is 1. The molecule has 1 saturated heterocycles. The van der Waals surface area contributed by atoms with E-state index in [2.05, 4.69) is 11.0 Å². The molecule has 0 amide bonds. The summed E-state index contributed by atoms with van der Waals surface area (Å²) in [6.45, 7) is 3.77. The van der Waals surface area contributed by atoms with E-state index in [1.165, 1.54) is 25.1 Å². The number of hydrogen-bond acceptors (Lipinski definition) is 2. The van der Waals surface area contributed by atoms with Gasteiger partial charge in [-0.3, -0.25) is 0 Å². The van der Waals surface area contributed by atoms with Crippen molar-refractivity contribution in [2.24, 2.45) is 11.8 Å². The predicted molar refractivity (Wildman–Crippen MR) is 59.8 cm³/mol. The van der Waals surface area contributed by atoms with Crippen molar-refractivity contribution in [2.45, 2.75) is 12.8 Å². The van der Waals surface area contributed by atoms with E-state index >= 15 is 0 Å². The summed E-state index contributed by atoms with van der Waals surface area (Å²) >= 11 is 0. The molecule has 2 heteroatoms. The Hall–Kier alpha value is -1.02. The van der Waals surface area contributed by atoms with E-state index in [0.717, 1.165) is 24.8 Å². The van der Waals surface area contributed by atoms with E-state index < -0.39 is 0 Å². The summed E-state index contributed by atoms with van der Waals surface area (Å²) in [5, 5.41) is 9.34. The van der Waals surface area contributed by atoms with Crippen LogP contribution in [0.25, 0.3) is 0 Å². The molecule has 1 N–H and O–H groups in total. The van der Waals surface area contributed by atoms with Crippen LogP contribution >= 0.6 is 0 Å². The third kappa shape index (κ3) is 2.00. The maximum absolute atomic E-state index is 9.34. The Balaban J connectivity index is 1.53. The first-order valence-electron chi connectivity index (χ1n) is 5.81. The van der Waals surface area contributed by atoms with Gasteiger partial charge in [-0.1, -0.05) is 12.1 Å². The molecule has 1 heterocycles. The molecular formula is C13H17NO. The molecule has 0 radical (unpaired) electrons. The van der Waals surface area contributed by atoms with Crippen LogP contribution in [0.3, 0.4) is 0 Å². The molecule has 15 heavy (non-hydrogen) atoms. The molecule has 0 spiro atoms. The molecule has 2 fully saturated rings. The minimum atomic E-state index is 0.386. The molecule has 1 aliphatic carbocycles. The van der Waals surface area contributed by atoms with E-state index in [0.29, 0.717) is 5.75 Å². The minimum absolute atomic E-state index is 0.386. The smallest absolute Gasteiger partial charge is 0.115 e.